The summed E-state index contributed by atoms with van der Waals surface area (Å²) in [5.74, 6) is -0.325. The average Bonchev–Trinajstić information content (AvgIpc) is 3.63. The van der Waals surface area contributed by atoms with E-state index < -0.39 is 34.5 Å². The van der Waals surface area contributed by atoms with Gasteiger partial charge in [-0.2, -0.15) is 4.31 Å². The highest BCUT2D eigenvalue weighted by molar-refractivity contribution is 7.87. The Bertz CT molecular complexity index is 1360. The molecule has 4 atom stereocenters. The normalized spacial score (nSPS) is 24.4. The van der Waals surface area contributed by atoms with E-state index >= 15 is 0 Å². The number of methoxy groups -OCH3 is 2. The third-order valence-corrected chi connectivity index (χ3v) is 8.82. The summed E-state index contributed by atoms with van der Waals surface area (Å²) in [6, 6.07) is 7.03. The van der Waals surface area contributed by atoms with Crippen LogP contribution in [0.5, 0.6) is 5.75 Å². The molecule has 0 bridgehead atoms. The van der Waals surface area contributed by atoms with Gasteiger partial charge in [-0.25, -0.2) is 18.2 Å². The molecule has 1 N–H and O–H groups in total. The van der Waals surface area contributed by atoms with Crippen LogP contribution in [0.15, 0.2) is 41.3 Å². The summed E-state index contributed by atoms with van der Waals surface area (Å²) >= 11 is 0. The van der Waals surface area contributed by atoms with E-state index in [1.54, 1.807) is 31.2 Å². The first-order valence-electron chi connectivity index (χ1n) is 12.7. The molecule has 1 aliphatic carbocycles. The van der Waals surface area contributed by atoms with Crippen molar-refractivity contribution in [2.24, 2.45) is 5.92 Å². The van der Waals surface area contributed by atoms with Gasteiger partial charge in [0.2, 0.25) is 0 Å². The van der Waals surface area contributed by atoms with Crippen molar-refractivity contribution < 1.29 is 37.5 Å². The third-order valence-electron chi connectivity index (χ3n) is 7.40. The van der Waals surface area contributed by atoms with Crippen LogP contribution in [0.4, 0.5) is 14.9 Å². The van der Waals surface area contributed by atoms with Crippen LogP contribution in [0.2, 0.25) is 0 Å². The van der Waals surface area contributed by atoms with Gasteiger partial charge in [-0.15, -0.1) is 0 Å². The number of amides is 1. The van der Waals surface area contributed by atoms with Crippen LogP contribution in [0.25, 0.3) is 6.08 Å². The second-order valence-corrected chi connectivity index (χ2v) is 11.7. The maximum Gasteiger partial charge on any atom is 0.426 e. The summed E-state index contributed by atoms with van der Waals surface area (Å²) in [6.45, 7) is 3.94. The summed E-state index contributed by atoms with van der Waals surface area (Å²) < 4.78 is 45.1. The molecule has 39 heavy (non-hydrogen) atoms. The van der Waals surface area contributed by atoms with Crippen molar-refractivity contribution in [3.8, 4) is 5.75 Å². The van der Waals surface area contributed by atoms with Gasteiger partial charge >= 0.3 is 12.1 Å². The molecule has 0 radical (unpaired) electrons. The number of anilines is 1. The summed E-state index contributed by atoms with van der Waals surface area (Å²) in [4.78, 5) is 28.2. The first kappa shape index (κ1) is 27.3. The minimum Gasteiger partial charge on any atom is -0.492 e. The molecule has 1 amide bonds. The molecule has 3 aliphatic rings. The second kappa shape index (κ2) is 10.7. The monoisotopic (exact) mass is 558 g/mol. The molecule has 0 spiro atoms. The summed E-state index contributed by atoms with van der Waals surface area (Å²) in [7, 11) is 0.118. The fraction of sp³-hybridized carbons (Fsp3) is 0.429. The van der Waals surface area contributed by atoms with Crippen molar-refractivity contribution in [3.05, 3.63) is 58.9 Å². The van der Waals surface area contributed by atoms with Gasteiger partial charge in [-0.1, -0.05) is 18.2 Å². The first-order chi connectivity index (χ1) is 18.6. The standard InChI is InChI=1S/C28H31FN2O7S/c1-28(34)10-12-30(16-28)11-4-5-17-13-19(29)6-9-23(17)39(35)31(27(33)37-3)22-8-7-20-21-14-18(21)15-38-25(20)24(22)26(32)36-2/h4-9,13,18,21,34H,10-12,14-16H2,1-3H3/b5-4-/t18-,21-,28?,39?/m0/s1. The highest BCUT2D eigenvalue weighted by Crippen LogP contribution is 2.55. The number of β-amino-alcohol motifs (C(OH)–C–C–N with tert-alkyl or cyclic N) is 1. The van der Waals surface area contributed by atoms with Crippen molar-refractivity contribution in [3.63, 3.8) is 0 Å². The van der Waals surface area contributed by atoms with Crippen molar-refractivity contribution in [2.75, 3.05) is 44.8 Å². The van der Waals surface area contributed by atoms with Gasteiger partial charge < -0.3 is 19.3 Å². The van der Waals surface area contributed by atoms with Gasteiger partial charge in [-0.05, 0) is 61.1 Å². The zero-order valence-corrected chi connectivity index (χ0v) is 22.8. The molecule has 0 aromatic heterocycles. The number of carbonyl (C=O) groups is 2. The lowest BCUT2D eigenvalue weighted by Gasteiger charge is -2.26. The number of halogens is 1. The minimum absolute atomic E-state index is 0.00318. The Morgan fingerprint density at radius 1 is 1.28 bits per heavy atom. The Balaban J connectivity index is 1.52. The zero-order chi connectivity index (χ0) is 27.9. The van der Waals surface area contributed by atoms with Crippen LogP contribution in [0.1, 0.15) is 47.2 Å². The summed E-state index contributed by atoms with van der Waals surface area (Å²) in [5.41, 5.74) is 0.374. The molecule has 5 rings (SSSR count). The van der Waals surface area contributed by atoms with Crippen LogP contribution in [-0.4, -0.2) is 72.3 Å². The van der Waals surface area contributed by atoms with Crippen molar-refractivity contribution >= 4 is 34.8 Å². The van der Waals surface area contributed by atoms with Crippen LogP contribution < -0.4 is 9.04 Å². The molecule has 11 heteroatoms. The van der Waals surface area contributed by atoms with Crippen molar-refractivity contribution in [1.29, 1.82) is 0 Å². The van der Waals surface area contributed by atoms with Gasteiger partial charge in [0.05, 0.1) is 37.0 Å². The molecule has 2 aromatic rings. The first-order valence-corrected chi connectivity index (χ1v) is 13.8. The Morgan fingerprint density at radius 2 is 2.08 bits per heavy atom. The van der Waals surface area contributed by atoms with Gasteiger partial charge in [0.25, 0.3) is 0 Å². The SMILES string of the molecule is COC(=O)c1c(N(C(=O)OC)S(=O)c2ccc(F)cc2/C=C\CN2CCC(C)(O)C2)ccc2c1OC[C@@H]1C[C@H]21. The molecule has 2 fully saturated rings. The molecular formula is C28H31FN2O7S. The number of rotatable bonds is 7. The highest BCUT2D eigenvalue weighted by atomic mass is 32.2. The number of fused-ring (bicyclic) bond motifs is 3. The van der Waals surface area contributed by atoms with Gasteiger partial charge in [0.1, 0.15) is 17.1 Å². The van der Waals surface area contributed by atoms with E-state index in [1.807, 2.05) is 4.90 Å². The second-order valence-electron chi connectivity index (χ2n) is 10.4. The molecule has 2 aromatic carbocycles. The van der Waals surface area contributed by atoms with E-state index in [9.17, 15) is 23.3 Å². The maximum absolute atomic E-state index is 14.3. The lowest BCUT2D eigenvalue weighted by Crippen LogP contribution is -2.35. The smallest absolute Gasteiger partial charge is 0.426 e. The molecule has 2 aliphatic heterocycles. The van der Waals surface area contributed by atoms with Crippen molar-refractivity contribution in [1.82, 2.24) is 4.90 Å². The number of ether oxygens (including phenoxy) is 3. The van der Waals surface area contributed by atoms with Crippen LogP contribution >= 0.6 is 0 Å². The van der Waals surface area contributed by atoms with Crippen molar-refractivity contribution in [2.45, 2.75) is 36.2 Å². The number of likely N-dealkylation sites (tertiary alicyclic amines) is 1. The lowest BCUT2D eigenvalue weighted by atomic mass is 10.00. The molecule has 9 nitrogen and oxygen atoms in total. The number of hydrogen-bond donors (Lipinski definition) is 1. The predicted molar refractivity (Wildman–Crippen MR) is 143 cm³/mol. The Kier molecular flexibility index (Phi) is 7.49. The molecule has 1 saturated carbocycles. The Labute approximate surface area is 228 Å². The molecule has 208 valence electrons. The topological polar surface area (TPSA) is 106 Å². The van der Waals surface area contributed by atoms with E-state index in [0.29, 0.717) is 49.9 Å². The van der Waals surface area contributed by atoms with Crippen LogP contribution in [0.3, 0.4) is 0 Å². The van der Waals surface area contributed by atoms with Crippen LogP contribution in [-0.2, 0) is 20.5 Å². The fourth-order valence-corrected chi connectivity index (χ4v) is 6.53. The van der Waals surface area contributed by atoms with Gasteiger partial charge in [0, 0.05) is 25.6 Å². The number of aliphatic hydroxyl groups is 1. The Hall–Kier alpha value is -3.28. The third kappa shape index (κ3) is 5.43. The molecule has 1 saturated heterocycles. The Morgan fingerprint density at radius 3 is 2.77 bits per heavy atom. The predicted octanol–water partition coefficient (Wildman–Crippen LogP) is 3.87. The van der Waals surface area contributed by atoms with Gasteiger partial charge in [-0.3, -0.25) is 4.90 Å². The van der Waals surface area contributed by atoms with E-state index in [2.05, 4.69) is 0 Å². The number of benzene rings is 2. The number of hydrogen-bond acceptors (Lipinski definition) is 8. The maximum atomic E-state index is 14.3. The number of carbonyl (C=O) groups excluding carboxylic acids is 2. The highest BCUT2D eigenvalue weighted by Gasteiger charge is 2.46. The summed E-state index contributed by atoms with van der Waals surface area (Å²) in [5, 5.41) is 10.2. The fourth-order valence-electron chi connectivity index (χ4n) is 5.28. The number of nitrogens with zero attached hydrogens (tertiary/aromatic N) is 2. The van der Waals surface area contributed by atoms with E-state index in [0.717, 1.165) is 29.5 Å². The lowest BCUT2D eigenvalue weighted by molar-refractivity contribution is 0.0595. The van der Waals surface area contributed by atoms with E-state index in [4.69, 9.17) is 14.2 Å². The van der Waals surface area contributed by atoms with Gasteiger partial charge in [0.15, 0.2) is 11.0 Å². The minimum atomic E-state index is -2.24. The largest absolute Gasteiger partial charge is 0.492 e. The average molecular weight is 559 g/mol. The molecule has 2 unspecified atom stereocenters. The quantitative estimate of drug-likeness (QED) is 0.511. The molecule has 2 heterocycles. The number of esters is 1. The zero-order valence-electron chi connectivity index (χ0n) is 22.0. The van der Waals surface area contributed by atoms with E-state index in [1.165, 1.54) is 19.2 Å². The molecular weight excluding hydrogens is 527 g/mol. The van der Waals surface area contributed by atoms with Crippen LogP contribution in [0, 0.1) is 11.7 Å². The summed E-state index contributed by atoms with van der Waals surface area (Å²) in [6.07, 6.45) is 4.04. The van der Waals surface area contributed by atoms with E-state index in [-0.39, 0.29) is 22.1 Å².